The van der Waals surface area contributed by atoms with Crippen molar-refractivity contribution in [3.8, 4) is 0 Å². The topological polar surface area (TPSA) is 55.4 Å². The third-order valence-electron chi connectivity index (χ3n) is 1.85. The van der Waals surface area contributed by atoms with Gasteiger partial charge in [-0.2, -0.15) is 0 Å². The van der Waals surface area contributed by atoms with Crippen molar-refractivity contribution in [1.29, 1.82) is 0 Å². The van der Waals surface area contributed by atoms with Crippen LogP contribution in [0.4, 0.5) is 5.69 Å². The first-order valence-electron chi connectivity index (χ1n) is 5.19. The lowest BCUT2D eigenvalue weighted by Gasteiger charge is -2.09. The first kappa shape index (κ1) is 13.5. The fourth-order valence-corrected chi connectivity index (χ4v) is 1.27. The smallest absolute Gasteiger partial charge is 0.338 e. The Bertz CT molecular complexity index is 418. The molecule has 0 atom stereocenters. The van der Waals surface area contributed by atoms with Gasteiger partial charge in [-0.1, -0.05) is 6.07 Å². The number of alkyl halides is 1. The van der Waals surface area contributed by atoms with Gasteiger partial charge >= 0.3 is 5.97 Å². The molecule has 4 nitrogen and oxygen atoms in total. The predicted molar refractivity (Wildman–Crippen MR) is 66.3 cm³/mol. The summed E-state index contributed by atoms with van der Waals surface area (Å²) in [6, 6.07) is 6.52. The van der Waals surface area contributed by atoms with Gasteiger partial charge in [0.15, 0.2) is 0 Å². The van der Waals surface area contributed by atoms with E-state index < -0.39 is 5.97 Å². The first-order valence-corrected chi connectivity index (χ1v) is 5.73. The number of hydrogen-bond donors (Lipinski definition) is 1. The molecular weight excluding hydrogens is 242 g/mol. The van der Waals surface area contributed by atoms with Crippen LogP contribution in [0.2, 0.25) is 0 Å². The molecule has 0 aromatic heterocycles. The van der Waals surface area contributed by atoms with Crippen molar-refractivity contribution >= 4 is 29.2 Å². The van der Waals surface area contributed by atoms with Gasteiger partial charge in [-0.3, -0.25) is 4.79 Å². The van der Waals surface area contributed by atoms with Gasteiger partial charge in [0.1, 0.15) is 5.88 Å². The summed E-state index contributed by atoms with van der Waals surface area (Å²) in [7, 11) is 0. The number of carbonyl (C=O) groups is 2. The summed E-state index contributed by atoms with van der Waals surface area (Å²) >= 11 is 5.37. The van der Waals surface area contributed by atoms with Gasteiger partial charge in [0.25, 0.3) is 0 Å². The number of anilines is 1. The fourth-order valence-electron chi connectivity index (χ4n) is 1.20. The summed E-state index contributed by atoms with van der Waals surface area (Å²) in [5.74, 6) is -0.858. The van der Waals surface area contributed by atoms with Crippen LogP contribution in [0.15, 0.2) is 24.3 Å². The third kappa shape index (κ3) is 4.44. The highest BCUT2D eigenvalue weighted by molar-refractivity contribution is 6.29. The summed E-state index contributed by atoms with van der Waals surface area (Å²) in [6.07, 6.45) is -0.177. The molecule has 17 heavy (non-hydrogen) atoms. The highest BCUT2D eigenvalue weighted by Gasteiger charge is 2.10. The molecule has 1 N–H and O–H groups in total. The Morgan fingerprint density at radius 2 is 2.12 bits per heavy atom. The molecule has 0 bridgehead atoms. The molecule has 0 spiro atoms. The van der Waals surface area contributed by atoms with E-state index in [9.17, 15) is 9.59 Å². The van der Waals surface area contributed by atoms with Crippen LogP contribution in [-0.4, -0.2) is 23.9 Å². The summed E-state index contributed by atoms with van der Waals surface area (Å²) in [5, 5.41) is 2.56. The number of benzene rings is 1. The monoisotopic (exact) mass is 255 g/mol. The van der Waals surface area contributed by atoms with Gasteiger partial charge in [0.2, 0.25) is 5.91 Å². The molecule has 0 heterocycles. The summed E-state index contributed by atoms with van der Waals surface area (Å²) in [4.78, 5) is 22.7. The Balaban J connectivity index is 2.78. The van der Waals surface area contributed by atoms with Crippen molar-refractivity contribution in [2.75, 3.05) is 11.2 Å². The Hall–Kier alpha value is -1.55. The Morgan fingerprint density at radius 3 is 2.71 bits per heavy atom. The Kier molecular flexibility index (Phi) is 4.97. The summed E-state index contributed by atoms with van der Waals surface area (Å²) < 4.78 is 5.04. The minimum Gasteiger partial charge on any atom is -0.459 e. The van der Waals surface area contributed by atoms with E-state index in [0.717, 1.165) is 0 Å². The Morgan fingerprint density at radius 1 is 1.41 bits per heavy atom. The maximum Gasteiger partial charge on any atom is 0.338 e. The molecule has 1 amide bonds. The van der Waals surface area contributed by atoms with Crippen LogP contribution >= 0.6 is 11.6 Å². The van der Waals surface area contributed by atoms with Crippen molar-refractivity contribution in [1.82, 2.24) is 0 Å². The molecule has 0 unspecified atom stereocenters. The molecule has 5 heteroatoms. The number of ether oxygens (including phenoxy) is 1. The van der Waals surface area contributed by atoms with Crippen LogP contribution in [0.25, 0.3) is 0 Å². The van der Waals surface area contributed by atoms with Gasteiger partial charge in [-0.25, -0.2) is 4.79 Å². The third-order valence-corrected chi connectivity index (χ3v) is 2.09. The number of amides is 1. The second-order valence-electron chi connectivity index (χ2n) is 3.72. The predicted octanol–water partition coefficient (Wildman–Crippen LogP) is 2.43. The zero-order chi connectivity index (χ0) is 12.8. The van der Waals surface area contributed by atoms with Gasteiger partial charge in [0, 0.05) is 5.69 Å². The van der Waals surface area contributed by atoms with E-state index in [1.165, 1.54) is 0 Å². The van der Waals surface area contributed by atoms with E-state index in [1.807, 2.05) is 0 Å². The molecule has 1 rings (SSSR count). The summed E-state index contributed by atoms with van der Waals surface area (Å²) in [5.41, 5.74) is 0.917. The van der Waals surface area contributed by atoms with Gasteiger partial charge < -0.3 is 10.1 Å². The largest absolute Gasteiger partial charge is 0.459 e. The van der Waals surface area contributed by atoms with Crippen LogP contribution in [0.5, 0.6) is 0 Å². The van der Waals surface area contributed by atoms with E-state index in [2.05, 4.69) is 5.32 Å². The van der Waals surface area contributed by atoms with Crippen molar-refractivity contribution in [3.63, 3.8) is 0 Å². The van der Waals surface area contributed by atoms with Crippen LogP contribution in [0.3, 0.4) is 0 Å². The quantitative estimate of drug-likeness (QED) is 0.664. The van der Waals surface area contributed by atoms with E-state index in [1.54, 1.807) is 38.1 Å². The molecule has 0 aliphatic heterocycles. The van der Waals surface area contributed by atoms with Gasteiger partial charge in [-0.15, -0.1) is 11.6 Å². The van der Waals surface area contributed by atoms with Gasteiger partial charge in [-0.05, 0) is 32.0 Å². The number of hydrogen-bond acceptors (Lipinski definition) is 3. The minimum absolute atomic E-state index is 0.124. The van der Waals surface area contributed by atoms with Crippen LogP contribution < -0.4 is 5.32 Å². The number of halogens is 1. The Labute approximate surface area is 105 Å². The molecule has 0 aliphatic rings. The number of nitrogens with one attached hydrogen (secondary N) is 1. The van der Waals surface area contributed by atoms with E-state index >= 15 is 0 Å². The number of rotatable bonds is 4. The highest BCUT2D eigenvalue weighted by atomic mass is 35.5. The summed E-state index contributed by atoms with van der Waals surface area (Å²) in [6.45, 7) is 3.55. The molecular formula is C12H14ClNO3. The van der Waals surface area contributed by atoms with Gasteiger partial charge in [0.05, 0.1) is 11.7 Å². The lowest BCUT2D eigenvalue weighted by Crippen LogP contribution is -2.14. The van der Waals surface area contributed by atoms with Crippen LogP contribution in [0, 0.1) is 0 Å². The van der Waals surface area contributed by atoms with Crippen molar-refractivity contribution < 1.29 is 14.3 Å². The fraction of sp³-hybridized carbons (Fsp3) is 0.333. The molecule has 0 saturated heterocycles. The average Bonchev–Trinajstić information content (AvgIpc) is 2.28. The van der Waals surface area contributed by atoms with Crippen molar-refractivity contribution in [2.24, 2.45) is 0 Å². The molecule has 1 aromatic rings. The lowest BCUT2D eigenvalue weighted by atomic mass is 10.2. The van der Waals surface area contributed by atoms with Crippen LogP contribution in [0.1, 0.15) is 24.2 Å². The first-order chi connectivity index (χ1) is 8.02. The lowest BCUT2D eigenvalue weighted by molar-refractivity contribution is -0.113. The van der Waals surface area contributed by atoms with Crippen molar-refractivity contribution in [3.05, 3.63) is 29.8 Å². The molecule has 1 aromatic carbocycles. The second kappa shape index (κ2) is 6.25. The maximum absolute atomic E-state index is 11.6. The highest BCUT2D eigenvalue weighted by Crippen LogP contribution is 2.12. The number of carbonyl (C=O) groups excluding carboxylic acids is 2. The SMILES string of the molecule is CC(C)OC(=O)c1cccc(NC(=O)CCl)c1. The van der Waals surface area contributed by atoms with E-state index in [-0.39, 0.29) is 17.9 Å². The van der Waals surface area contributed by atoms with E-state index in [4.69, 9.17) is 16.3 Å². The molecule has 0 radical (unpaired) electrons. The maximum atomic E-state index is 11.6. The molecule has 0 fully saturated rings. The molecule has 92 valence electrons. The second-order valence-corrected chi connectivity index (χ2v) is 3.98. The average molecular weight is 256 g/mol. The van der Waals surface area contributed by atoms with Crippen molar-refractivity contribution in [2.45, 2.75) is 20.0 Å². The standard InChI is InChI=1S/C12H14ClNO3/c1-8(2)17-12(16)9-4-3-5-10(6-9)14-11(15)7-13/h3-6,8H,7H2,1-2H3,(H,14,15). The number of esters is 1. The molecule has 0 aliphatic carbocycles. The molecule has 0 saturated carbocycles. The minimum atomic E-state index is -0.415. The van der Waals surface area contributed by atoms with Crippen LogP contribution in [-0.2, 0) is 9.53 Å². The zero-order valence-corrected chi connectivity index (χ0v) is 10.5. The van der Waals surface area contributed by atoms with E-state index in [0.29, 0.717) is 11.3 Å². The zero-order valence-electron chi connectivity index (χ0n) is 9.70. The normalized spacial score (nSPS) is 10.1.